The molecule has 1 heterocycles. The molecule has 3 nitrogen and oxygen atoms in total. The quantitative estimate of drug-likeness (QED) is 0.857. The summed E-state index contributed by atoms with van der Waals surface area (Å²) in [5, 5.41) is 9.74. The van der Waals surface area contributed by atoms with E-state index in [0.717, 1.165) is 11.1 Å². The molecule has 0 aliphatic heterocycles. The smallest absolute Gasteiger partial charge is 0.307 e. The lowest BCUT2D eigenvalue weighted by Gasteiger charge is -2.06. The molecule has 0 saturated carbocycles. The Labute approximate surface area is 124 Å². The average Bonchev–Trinajstić information content (AvgIpc) is 2.35. The van der Waals surface area contributed by atoms with Gasteiger partial charge in [-0.1, -0.05) is 34.8 Å². The zero-order valence-corrected chi connectivity index (χ0v) is 11.8. The van der Waals surface area contributed by atoms with Crippen LogP contribution in [0.4, 0.5) is 0 Å². The van der Waals surface area contributed by atoms with Crippen molar-refractivity contribution in [2.45, 2.75) is 6.42 Å². The minimum atomic E-state index is -0.911. The largest absolute Gasteiger partial charge is 0.481 e. The maximum absolute atomic E-state index is 10.7. The first-order chi connectivity index (χ1) is 8.97. The number of pyridine rings is 1. The highest BCUT2D eigenvalue weighted by molar-refractivity contribution is 6.48. The lowest BCUT2D eigenvalue weighted by molar-refractivity contribution is -0.136. The van der Waals surface area contributed by atoms with Crippen molar-refractivity contribution in [3.8, 4) is 11.1 Å². The summed E-state index contributed by atoms with van der Waals surface area (Å²) >= 11 is 17.8. The maximum atomic E-state index is 10.7. The van der Waals surface area contributed by atoms with Crippen molar-refractivity contribution >= 4 is 40.8 Å². The zero-order chi connectivity index (χ0) is 14.0. The van der Waals surface area contributed by atoms with Crippen LogP contribution in [0.2, 0.25) is 15.1 Å². The topological polar surface area (TPSA) is 50.2 Å². The summed E-state index contributed by atoms with van der Waals surface area (Å²) < 4.78 is 0. The molecule has 0 aliphatic carbocycles. The number of benzene rings is 1. The van der Waals surface area contributed by atoms with Crippen LogP contribution in [0.5, 0.6) is 0 Å². The van der Waals surface area contributed by atoms with Crippen LogP contribution in [0.15, 0.2) is 30.6 Å². The second kappa shape index (κ2) is 5.78. The van der Waals surface area contributed by atoms with Crippen molar-refractivity contribution in [2.75, 3.05) is 0 Å². The van der Waals surface area contributed by atoms with Crippen molar-refractivity contribution < 1.29 is 9.90 Å². The molecule has 1 aromatic carbocycles. The molecule has 0 fully saturated rings. The van der Waals surface area contributed by atoms with E-state index in [2.05, 4.69) is 4.98 Å². The van der Waals surface area contributed by atoms with Crippen LogP contribution in [0.3, 0.4) is 0 Å². The molecule has 0 spiro atoms. The zero-order valence-electron chi connectivity index (χ0n) is 9.53. The molecule has 2 rings (SSSR count). The number of aliphatic carboxylic acids is 1. The molecule has 98 valence electrons. The maximum Gasteiger partial charge on any atom is 0.307 e. The van der Waals surface area contributed by atoms with E-state index in [-0.39, 0.29) is 6.42 Å². The van der Waals surface area contributed by atoms with E-state index < -0.39 is 5.97 Å². The van der Waals surface area contributed by atoms with Gasteiger partial charge in [-0.25, -0.2) is 0 Å². The molecule has 2 aromatic rings. The van der Waals surface area contributed by atoms with Crippen LogP contribution in [0, 0.1) is 0 Å². The highest BCUT2D eigenvalue weighted by atomic mass is 35.5. The molecule has 1 N–H and O–H groups in total. The van der Waals surface area contributed by atoms with Gasteiger partial charge >= 0.3 is 5.97 Å². The second-order valence-corrected chi connectivity index (χ2v) is 5.10. The van der Waals surface area contributed by atoms with Crippen molar-refractivity contribution in [1.82, 2.24) is 4.98 Å². The fraction of sp³-hybridized carbons (Fsp3) is 0.0769. The standard InChI is InChI=1S/C13H8Cl3NO2/c14-10-3-8(4-11(15)13(10)16)9-1-7(2-12(18)19)5-17-6-9/h1,3-6H,2H2,(H,18,19). The normalized spacial score (nSPS) is 10.5. The van der Waals surface area contributed by atoms with Gasteiger partial charge < -0.3 is 5.11 Å². The molecule has 1 aromatic heterocycles. The van der Waals surface area contributed by atoms with Crippen LogP contribution in [0.1, 0.15) is 5.56 Å². The molecule has 0 atom stereocenters. The summed E-state index contributed by atoms with van der Waals surface area (Å²) in [6.45, 7) is 0. The van der Waals surface area contributed by atoms with E-state index in [4.69, 9.17) is 39.9 Å². The van der Waals surface area contributed by atoms with E-state index in [9.17, 15) is 4.79 Å². The number of halogens is 3. The average molecular weight is 317 g/mol. The monoisotopic (exact) mass is 315 g/mol. The summed E-state index contributed by atoms with van der Waals surface area (Å²) in [6.07, 6.45) is 3.04. The highest BCUT2D eigenvalue weighted by Gasteiger charge is 2.09. The third-order valence-corrected chi connectivity index (χ3v) is 3.66. The molecule has 0 saturated heterocycles. The van der Waals surface area contributed by atoms with Gasteiger partial charge in [0.1, 0.15) is 0 Å². The van der Waals surface area contributed by atoms with E-state index in [1.165, 1.54) is 6.20 Å². The first kappa shape index (κ1) is 14.1. The Morgan fingerprint density at radius 3 is 2.26 bits per heavy atom. The van der Waals surface area contributed by atoms with Crippen LogP contribution in [-0.2, 0) is 11.2 Å². The van der Waals surface area contributed by atoms with Gasteiger partial charge in [-0.05, 0) is 29.3 Å². The minimum Gasteiger partial charge on any atom is -0.481 e. The van der Waals surface area contributed by atoms with Crippen molar-refractivity contribution in [2.24, 2.45) is 0 Å². The first-order valence-corrected chi connectivity index (χ1v) is 6.41. The van der Waals surface area contributed by atoms with Gasteiger partial charge in [0, 0.05) is 18.0 Å². The number of carbonyl (C=O) groups is 1. The summed E-state index contributed by atoms with van der Waals surface area (Å²) in [5.41, 5.74) is 2.07. The minimum absolute atomic E-state index is 0.0874. The van der Waals surface area contributed by atoms with Gasteiger partial charge in [0.2, 0.25) is 0 Å². The Balaban J connectivity index is 2.44. The number of hydrogen-bond donors (Lipinski definition) is 1. The van der Waals surface area contributed by atoms with Gasteiger partial charge in [-0.2, -0.15) is 0 Å². The summed E-state index contributed by atoms with van der Waals surface area (Å²) in [6, 6.07) is 5.06. The molecule has 0 aliphatic rings. The SMILES string of the molecule is O=C(O)Cc1cncc(-c2cc(Cl)c(Cl)c(Cl)c2)c1. The van der Waals surface area contributed by atoms with Crippen LogP contribution in [0.25, 0.3) is 11.1 Å². The van der Waals surface area contributed by atoms with Gasteiger partial charge in [-0.3, -0.25) is 9.78 Å². The molecule has 0 amide bonds. The lowest BCUT2D eigenvalue weighted by atomic mass is 10.1. The third-order valence-electron chi connectivity index (χ3n) is 2.47. The summed E-state index contributed by atoms with van der Waals surface area (Å²) in [5.74, 6) is -0.911. The Morgan fingerprint density at radius 1 is 1.05 bits per heavy atom. The van der Waals surface area contributed by atoms with E-state index in [0.29, 0.717) is 20.6 Å². The number of carboxylic acids is 1. The Morgan fingerprint density at radius 2 is 1.68 bits per heavy atom. The van der Waals surface area contributed by atoms with Gasteiger partial charge in [0.25, 0.3) is 0 Å². The number of hydrogen-bond acceptors (Lipinski definition) is 2. The van der Waals surface area contributed by atoms with Gasteiger partial charge in [0.05, 0.1) is 21.5 Å². The molecular formula is C13H8Cl3NO2. The molecule has 0 bridgehead atoms. The number of carboxylic acid groups (broad SMARTS) is 1. The molecule has 6 heteroatoms. The molecular weight excluding hydrogens is 309 g/mol. The lowest BCUT2D eigenvalue weighted by Crippen LogP contribution is -2.00. The van der Waals surface area contributed by atoms with E-state index in [1.54, 1.807) is 24.4 Å². The molecule has 0 unspecified atom stereocenters. The number of nitrogens with zero attached hydrogens (tertiary/aromatic N) is 1. The van der Waals surface area contributed by atoms with Crippen LogP contribution < -0.4 is 0 Å². The molecule has 0 radical (unpaired) electrons. The van der Waals surface area contributed by atoms with Crippen molar-refractivity contribution in [3.05, 3.63) is 51.2 Å². The van der Waals surface area contributed by atoms with Gasteiger partial charge in [-0.15, -0.1) is 0 Å². The highest BCUT2D eigenvalue weighted by Crippen LogP contribution is 2.35. The van der Waals surface area contributed by atoms with E-state index in [1.807, 2.05) is 0 Å². The fourth-order valence-electron chi connectivity index (χ4n) is 1.64. The number of rotatable bonds is 3. The predicted octanol–water partition coefficient (Wildman–Crippen LogP) is 4.34. The van der Waals surface area contributed by atoms with Gasteiger partial charge in [0.15, 0.2) is 0 Å². The third kappa shape index (κ3) is 3.38. The Hall–Kier alpha value is -1.29. The second-order valence-electron chi connectivity index (χ2n) is 3.91. The Bertz CT molecular complexity index is 621. The fourth-order valence-corrected chi connectivity index (χ4v) is 2.24. The number of aromatic nitrogens is 1. The van der Waals surface area contributed by atoms with Crippen LogP contribution >= 0.6 is 34.8 Å². The van der Waals surface area contributed by atoms with E-state index >= 15 is 0 Å². The Kier molecular flexibility index (Phi) is 4.30. The predicted molar refractivity (Wildman–Crippen MR) is 76.0 cm³/mol. The first-order valence-electron chi connectivity index (χ1n) is 5.28. The van der Waals surface area contributed by atoms with Crippen molar-refractivity contribution in [3.63, 3.8) is 0 Å². The molecule has 19 heavy (non-hydrogen) atoms. The summed E-state index contributed by atoms with van der Waals surface area (Å²) in [7, 11) is 0. The van der Waals surface area contributed by atoms with Crippen LogP contribution in [-0.4, -0.2) is 16.1 Å². The summed E-state index contributed by atoms with van der Waals surface area (Å²) in [4.78, 5) is 14.7. The van der Waals surface area contributed by atoms with Crippen molar-refractivity contribution in [1.29, 1.82) is 0 Å².